The number of carbonyl (C=O) groups is 3. The summed E-state index contributed by atoms with van der Waals surface area (Å²) in [6.07, 6.45) is 2.68. The summed E-state index contributed by atoms with van der Waals surface area (Å²) in [5.41, 5.74) is 0.199. The maximum atomic E-state index is 12.0. The van der Waals surface area contributed by atoms with Gasteiger partial charge >= 0.3 is 5.97 Å². The average molecular weight is 373 g/mol. The average Bonchev–Trinajstić information content (AvgIpc) is 2.57. The number of esters is 1. The lowest BCUT2D eigenvalue weighted by atomic mass is 10.2. The molecule has 1 atom stereocenters. The van der Waals surface area contributed by atoms with Gasteiger partial charge in [0.1, 0.15) is 6.04 Å². The number of ether oxygens (including phenoxy) is 1. The standard InChI is InChI=1S/C16H21ClN2O4S/c1-4-7-18-15(21)10(2)19-14(20)9-23-16(22)12-8-11(24-3)5-6-13(12)17/h5-6,8,10H,4,7,9H2,1-3H3,(H,18,21)(H,19,20)/t10-/m1/s1. The van der Waals surface area contributed by atoms with Gasteiger partial charge in [0, 0.05) is 11.4 Å². The lowest BCUT2D eigenvalue weighted by Crippen LogP contribution is -2.46. The minimum atomic E-state index is -0.703. The van der Waals surface area contributed by atoms with E-state index in [4.69, 9.17) is 16.3 Å². The van der Waals surface area contributed by atoms with Crippen LogP contribution in [0.15, 0.2) is 23.1 Å². The zero-order chi connectivity index (χ0) is 18.1. The van der Waals surface area contributed by atoms with Gasteiger partial charge in [0.2, 0.25) is 5.91 Å². The molecule has 1 aromatic carbocycles. The molecule has 8 heteroatoms. The Hall–Kier alpha value is -1.73. The van der Waals surface area contributed by atoms with E-state index in [1.807, 2.05) is 13.2 Å². The van der Waals surface area contributed by atoms with Crippen LogP contribution in [0.5, 0.6) is 0 Å². The van der Waals surface area contributed by atoms with Crippen LogP contribution in [-0.4, -0.2) is 43.2 Å². The molecule has 24 heavy (non-hydrogen) atoms. The zero-order valence-electron chi connectivity index (χ0n) is 13.8. The molecule has 0 saturated carbocycles. The molecule has 132 valence electrons. The molecule has 0 aliphatic heterocycles. The second kappa shape index (κ2) is 10.2. The van der Waals surface area contributed by atoms with Crippen molar-refractivity contribution in [2.24, 2.45) is 0 Å². The monoisotopic (exact) mass is 372 g/mol. The number of rotatable bonds is 8. The summed E-state index contributed by atoms with van der Waals surface area (Å²) in [5, 5.41) is 5.39. The summed E-state index contributed by atoms with van der Waals surface area (Å²) >= 11 is 7.44. The fourth-order valence-electron chi connectivity index (χ4n) is 1.75. The predicted octanol–water partition coefficient (Wildman–Crippen LogP) is 2.25. The molecule has 0 aromatic heterocycles. The zero-order valence-corrected chi connectivity index (χ0v) is 15.4. The first kappa shape index (κ1) is 20.3. The molecule has 0 fully saturated rings. The van der Waals surface area contributed by atoms with Crippen LogP contribution in [-0.2, 0) is 14.3 Å². The van der Waals surface area contributed by atoms with Crippen LogP contribution in [0.25, 0.3) is 0 Å². The Kier molecular flexibility index (Phi) is 8.63. The molecule has 0 bridgehead atoms. The molecule has 6 nitrogen and oxygen atoms in total. The van der Waals surface area contributed by atoms with Crippen molar-refractivity contribution in [2.75, 3.05) is 19.4 Å². The molecule has 0 unspecified atom stereocenters. The number of amides is 2. The van der Waals surface area contributed by atoms with Gasteiger partial charge in [0.25, 0.3) is 5.91 Å². The molecule has 0 saturated heterocycles. The summed E-state index contributed by atoms with van der Waals surface area (Å²) in [5.74, 6) is -1.53. The van der Waals surface area contributed by atoms with Crippen LogP contribution >= 0.6 is 23.4 Å². The van der Waals surface area contributed by atoms with Crippen LogP contribution < -0.4 is 10.6 Å². The van der Waals surface area contributed by atoms with Crippen molar-refractivity contribution in [1.29, 1.82) is 0 Å². The lowest BCUT2D eigenvalue weighted by Gasteiger charge is -2.14. The Morgan fingerprint density at radius 3 is 2.67 bits per heavy atom. The van der Waals surface area contributed by atoms with E-state index >= 15 is 0 Å². The van der Waals surface area contributed by atoms with Crippen molar-refractivity contribution in [1.82, 2.24) is 10.6 Å². The van der Waals surface area contributed by atoms with E-state index < -0.39 is 24.5 Å². The topological polar surface area (TPSA) is 84.5 Å². The van der Waals surface area contributed by atoms with Gasteiger partial charge in [-0.1, -0.05) is 18.5 Å². The highest BCUT2D eigenvalue weighted by molar-refractivity contribution is 7.98. The molecule has 0 radical (unpaired) electrons. The molecule has 2 amide bonds. The lowest BCUT2D eigenvalue weighted by molar-refractivity contribution is -0.130. The Balaban J connectivity index is 2.52. The Morgan fingerprint density at radius 2 is 2.04 bits per heavy atom. The van der Waals surface area contributed by atoms with Gasteiger partial charge in [-0.2, -0.15) is 0 Å². The summed E-state index contributed by atoms with van der Waals surface area (Å²) in [7, 11) is 0. The van der Waals surface area contributed by atoms with E-state index in [0.717, 1.165) is 11.3 Å². The molecule has 1 aromatic rings. The first-order valence-electron chi connectivity index (χ1n) is 7.46. The SMILES string of the molecule is CCCNC(=O)[C@@H](C)NC(=O)COC(=O)c1cc(SC)ccc1Cl. The van der Waals surface area contributed by atoms with Crippen LogP contribution in [0, 0.1) is 0 Å². The van der Waals surface area contributed by atoms with Gasteiger partial charge in [0.05, 0.1) is 10.6 Å². The van der Waals surface area contributed by atoms with E-state index in [-0.39, 0.29) is 16.5 Å². The normalized spacial score (nSPS) is 11.5. The van der Waals surface area contributed by atoms with Crippen molar-refractivity contribution < 1.29 is 19.1 Å². The first-order chi connectivity index (χ1) is 11.4. The van der Waals surface area contributed by atoms with Gasteiger partial charge in [-0.15, -0.1) is 11.8 Å². The number of thioether (sulfide) groups is 1. The van der Waals surface area contributed by atoms with Crippen LogP contribution in [0.2, 0.25) is 5.02 Å². The minimum absolute atomic E-state index is 0.199. The van der Waals surface area contributed by atoms with Crippen LogP contribution in [0.4, 0.5) is 0 Å². The van der Waals surface area contributed by atoms with Crippen molar-refractivity contribution in [3.8, 4) is 0 Å². The van der Waals surface area contributed by atoms with Crippen molar-refractivity contribution in [3.05, 3.63) is 28.8 Å². The second-order valence-corrected chi connectivity index (χ2v) is 6.29. The third-order valence-corrected chi connectivity index (χ3v) is 4.10. The van der Waals surface area contributed by atoms with E-state index in [9.17, 15) is 14.4 Å². The third-order valence-electron chi connectivity index (χ3n) is 3.05. The maximum absolute atomic E-state index is 12.0. The van der Waals surface area contributed by atoms with E-state index in [1.165, 1.54) is 11.8 Å². The van der Waals surface area contributed by atoms with Crippen LogP contribution in [0.3, 0.4) is 0 Å². The Morgan fingerprint density at radius 1 is 1.33 bits per heavy atom. The van der Waals surface area contributed by atoms with Gasteiger partial charge in [-0.05, 0) is 37.8 Å². The molecule has 1 rings (SSSR count). The van der Waals surface area contributed by atoms with Gasteiger partial charge in [-0.3, -0.25) is 9.59 Å². The third kappa shape index (κ3) is 6.41. The summed E-state index contributed by atoms with van der Waals surface area (Å²) in [6, 6.07) is 4.29. The fraction of sp³-hybridized carbons (Fsp3) is 0.438. The van der Waals surface area contributed by atoms with Gasteiger partial charge < -0.3 is 15.4 Å². The highest BCUT2D eigenvalue weighted by Gasteiger charge is 2.18. The number of hydrogen-bond acceptors (Lipinski definition) is 5. The van der Waals surface area contributed by atoms with Gasteiger partial charge in [0.15, 0.2) is 6.61 Å². The predicted molar refractivity (Wildman–Crippen MR) is 94.4 cm³/mol. The van der Waals surface area contributed by atoms with Crippen molar-refractivity contribution >= 4 is 41.1 Å². The molecule has 2 N–H and O–H groups in total. The molecule has 0 spiro atoms. The summed E-state index contributed by atoms with van der Waals surface area (Å²) in [6.45, 7) is 3.55. The highest BCUT2D eigenvalue weighted by Crippen LogP contribution is 2.23. The van der Waals surface area contributed by atoms with Crippen molar-refractivity contribution in [2.45, 2.75) is 31.2 Å². The molecular weight excluding hydrogens is 352 g/mol. The van der Waals surface area contributed by atoms with Gasteiger partial charge in [-0.25, -0.2) is 4.79 Å². The maximum Gasteiger partial charge on any atom is 0.340 e. The number of halogens is 1. The van der Waals surface area contributed by atoms with E-state index in [0.29, 0.717) is 6.54 Å². The largest absolute Gasteiger partial charge is 0.452 e. The minimum Gasteiger partial charge on any atom is -0.452 e. The Labute approximate surface area is 150 Å². The first-order valence-corrected chi connectivity index (χ1v) is 9.07. The number of hydrogen-bond donors (Lipinski definition) is 2. The summed E-state index contributed by atoms with van der Waals surface area (Å²) < 4.78 is 4.96. The van der Waals surface area contributed by atoms with Crippen molar-refractivity contribution in [3.63, 3.8) is 0 Å². The number of benzene rings is 1. The highest BCUT2D eigenvalue weighted by atomic mass is 35.5. The fourth-order valence-corrected chi connectivity index (χ4v) is 2.38. The van der Waals surface area contributed by atoms with E-state index in [1.54, 1.807) is 25.1 Å². The smallest absolute Gasteiger partial charge is 0.340 e. The molecule has 0 aliphatic rings. The number of nitrogens with one attached hydrogen (secondary N) is 2. The summed E-state index contributed by atoms with van der Waals surface area (Å²) in [4.78, 5) is 36.3. The molecule has 0 heterocycles. The number of carbonyl (C=O) groups excluding carboxylic acids is 3. The molecule has 0 aliphatic carbocycles. The van der Waals surface area contributed by atoms with E-state index in [2.05, 4.69) is 10.6 Å². The molecular formula is C16H21ClN2O4S. The second-order valence-electron chi connectivity index (χ2n) is 5.00. The Bertz CT molecular complexity index is 610. The quantitative estimate of drug-likeness (QED) is 0.540. The van der Waals surface area contributed by atoms with Crippen LogP contribution in [0.1, 0.15) is 30.6 Å².